The van der Waals surface area contributed by atoms with Crippen LogP contribution in [0.3, 0.4) is 0 Å². The van der Waals surface area contributed by atoms with Crippen LogP contribution in [-0.2, 0) is 4.79 Å². The molecule has 1 aliphatic rings. The minimum absolute atomic E-state index is 0.0394. The number of carbonyl (C=O) groups is 1. The molecule has 1 fully saturated rings. The summed E-state index contributed by atoms with van der Waals surface area (Å²) in [5.41, 5.74) is 4.76. The molecule has 0 aromatic rings. The van der Waals surface area contributed by atoms with Crippen molar-refractivity contribution in [1.29, 1.82) is 0 Å². The van der Waals surface area contributed by atoms with Gasteiger partial charge in [0.15, 0.2) is 5.83 Å². The first kappa shape index (κ1) is 9.19. The Balaban J connectivity index is 2.59. The van der Waals surface area contributed by atoms with Crippen LogP contribution in [0.2, 0.25) is 0 Å². The van der Waals surface area contributed by atoms with Crippen LogP contribution in [0.1, 0.15) is 12.8 Å². The van der Waals surface area contributed by atoms with E-state index in [1.165, 1.54) is 6.08 Å². The van der Waals surface area contributed by atoms with E-state index >= 15 is 0 Å². The molecule has 0 aliphatic carbocycles. The third-order valence-electron chi connectivity index (χ3n) is 2.15. The summed E-state index contributed by atoms with van der Waals surface area (Å²) >= 11 is 0. The molecular weight excluding hydrogens is 159 g/mol. The summed E-state index contributed by atoms with van der Waals surface area (Å²) in [5, 5.41) is 0. The van der Waals surface area contributed by atoms with E-state index < -0.39 is 11.7 Å². The van der Waals surface area contributed by atoms with Crippen LogP contribution in [0, 0.1) is 0 Å². The summed E-state index contributed by atoms with van der Waals surface area (Å²) in [6, 6.07) is 0.0394. The minimum Gasteiger partial charge on any atom is -0.364 e. The Morgan fingerprint density at radius 3 is 2.83 bits per heavy atom. The molecule has 0 radical (unpaired) electrons. The molecule has 12 heavy (non-hydrogen) atoms. The second kappa shape index (κ2) is 3.67. The molecule has 1 rings (SSSR count). The molecule has 0 aromatic heterocycles. The van der Waals surface area contributed by atoms with Crippen molar-refractivity contribution in [2.75, 3.05) is 13.6 Å². The molecule has 1 unspecified atom stereocenters. The second-order valence-corrected chi connectivity index (χ2v) is 3.07. The van der Waals surface area contributed by atoms with Crippen LogP contribution >= 0.6 is 0 Å². The molecule has 0 spiro atoms. The van der Waals surface area contributed by atoms with E-state index in [4.69, 9.17) is 5.73 Å². The van der Waals surface area contributed by atoms with Crippen LogP contribution < -0.4 is 5.73 Å². The molecule has 1 atom stereocenters. The zero-order chi connectivity index (χ0) is 9.14. The predicted molar refractivity (Wildman–Crippen MR) is 44.0 cm³/mol. The summed E-state index contributed by atoms with van der Waals surface area (Å²) in [6.07, 6.45) is 3.25. The number of nitrogens with two attached hydrogens (primary N) is 1. The lowest BCUT2D eigenvalue weighted by molar-refractivity contribution is -0.115. The van der Waals surface area contributed by atoms with Gasteiger partial charge in [-0.15, -0.1) is 0 Å². The SMILES string of the molecule is CN1CCCC1C=C(F)C(N)=O. The molecule has 0 bridgehead atoms. The van der Waals surface area contributed by atoms with E-state index in [1.807, 2.05) is 11.9 Å². The molecular formula is C8H13FN2O. The lowest BCUT2D eigenvalue weighted by Crippen LogP contribution is -2.24. The van der Waals surface area contributed by atoms with E-state index in [0.717, 1.165) is 19.4 Å². The number of primary amides is 1. The van der Waals surface area contributed by atoms with E-state index in [9.17, 15) is 9.18 Å². The summed E-state index contributed by atoms with van der Waals surface area (Å²) < 4.78 is 12.7. The van der Waals surface area contributed by atoms with E-state index in [0.29, 0.717) is 0 Å². The topological polar surface area (TPSA) is 46.3 Å². The van der Waals surface area contributed by atoms with Gasteiger partial charge in [0.1, 0.15) is 0 Å². The Labute approximate surface area is 71.0 Å². The maximum absolute atomic E-state index is 12.7. The largest absolute Gasteiger partial charge is 0.364 e. The van der Waals surface area contributed by atoms with E-state index in [-0.39, 0.29) is 6.04 Å². The number of hydrogen-bond acceptors (Lipinski definition) is 2. The zero-order valence-electron chi connectivity index (χ0n) is 7.09. The van der Waals surface area contributed by atoms with Crippen LogP contribution in [0.4, 0.5) is 4.39 Å². The number of likely N-dealkylation sites (tertiary alicyclic amines) is 1. The fraction of sp³-hybridized carbons (Fsp3) is 0.625. The smallest absolute Gasteiger partial charge is 0.277 e. The Bertz CT molecular complexity index is 215. The van der Waals surface area contributed by atoms with Crippen molar-refractivity contribution in [3.63, 3.8) is 0 Å². The number of amides is 1. The van der Waals surface area contributed by atoms with Gasteiger partial charge in [0.2, 0.25) is 0 Å². The van der Waals surface area contributed by atoms with Crippen molar-refractivity contribution in [1.82, 2.24) is 4.90 Å². The van der Waals surface area contributed by atoms with Crippen molar-refractivity contribution in [2.24, 2.45) is 5.73 Å². The Hall–Kier alpha value is -0.900. The number of likely N-dealkylation sites (N-methyl/N-ethyl adjacent to an activating group) is 1. The van der Waals surface area contributed by atoms with Gasteiger partial charge in [-0.25, -0.2) is 4.39 Å². The van der Waals surface area contributed by atoms with E-state index in [2.05, 4.69) is 0 Å². The number of rotatable bonds is 2. The number of hydrogen-bond donors (Lipinski definition) is 1. The van der Waals surface area contributed by atoms with Crippen LogP contribution in [0.5, 0.6) is 0 Å². The van der Waals surface area contributed by atoms with Crippen molar-refractivity contribution >= 4 is 5.91 Å². The van der Waals surface area contributed by atoms with Gasteiger partial charge in [-0.3, -0.25) is 9.69 Å². The minimum atomic E-state index is -0.977. The van der Waals surface area contributed by atoms with Gasteiger partial charge in [-0.1, -0.05) is 0 Å². The van der Waals surface area contributed by atoms with Gasteiger partial charge < -0.3 is 5.73 Å². The molecule has 1 amide bonds. The van der Waals surface area contributed by atoms with Gasteiger partial charge >= 0.3 is 0 Å². The fourth-order valence-corrected chi connectivity index (χ4v) is 1.40. The number of nitrogens with zero attached hydrogens (tertiary/aromatic N) is 1. The molecule has 0 aromatic carbocycles. The highest BCUT2D eigenvalue weighted by Crippen LogP contribution is 2.17. The summed E-state index contributed by atoms with van der Waals surface area (Å²) in [7, 11) is 1.91. The van der Waals surface area contributed by atoms with Gasteiger partial charge in [-0.05, 0) is 32.5 Å². The number of halogens is 1. The second-order valence-electron chi connectivity index (χ2n) is 3.07. The van der Waals surface area contributed by atoms with Crippen molar-refractivity contribution in [3.8, 4) is 0 Å². The third-order valence-corrected chi connectivity index (χ3v) is 2.15. The Kier molecular flexibility index (Phi) is 2.81. The van der Waals surface area contributed by atoms with Crippen LogP contribution in [0.15, 0.2) is 11.9 Å². The number of carbonyl (C=O) groups excluding carboxylic acids is 1. The molecule has 1 saturated heterocycles. The average Bonchev–Trinajstić information content (AvgIpc) is 2.36. The van der Waals surface area contributed by atoms with Crippen molar-refractivity contribution in [3.05, 3.63) is 11.9 Å². The molecule has 2 N–H and O–H groups in total. The molecule has 1 aliphatic heterocycles. The van der Waals surface area contributed by atoms with Crippen LogP contribution in [0.25, 0.3) is 0 Å². The Morgan fingerprint density at radius 2 is 2.42 bits per heavy atom. The lowest BCUT2D eigenvalue weighted by Gasteiger charge is -2.14. The lowest BCUT2D eigenvalue weighted by atomic mass is 10.2. The standard InChI is InChI=1S/C8H13FN2O/c1-11-4-2-3-6(11)5-7(9)8(10)12/h5-6H,2-4H2,1H3,(H2,10,12). The highest BCUT2D eigenvalue weighted by molar-refractivity contribution is 5.89. The quantitative estimate of drug-likeness (QED) is 0.613. The Morgan fingerprint density at radius 1 is 1.75 bits per heavy atom. The fourth-order valence-electron chi connectivity index (χ4n) is 1.40. The maximum Gasteiger partial charge on any atom is 0.277 e. The van der Waals surface area contributed by atoms with Gasteiger partial charge in [-0.2, -0.15) is 0 Å². The molecule has 4 heteroatoms. The highest BCUT2D eigenvalue weighted by Gasteiger charge is 2.20. The average molecular weight is 172 g/mol. The summed E-state index contributed by atoms with van der Waals surface area (Å²) in [4.78, 5) is 12.4. The van der Waals surface area contributed by atoms with Gasteiger partial charge in [0.25, 0.3) is 5.91 Å². The monoisotopic (exact) mass is 172 g/mol. The third kappa shape index (κ3) is 2.04. The summed E-state index contributed by atoms with van der Waals surface area (Å²) in [5.74, 6) is -1.80. The van der Waals surface area contributed by atoms with E-state index in [1.54, 1.807) is 0 Å². The molecule has 0 saturated carbocycles. The predicted octanol–water partition coefficient (Wildman–Crippen LogP) is 0.419. The van der Waals surface area contributed by atoms with Gasteiger partial charge in [0, 0.05) is 6.04 Å². The highest BCUT2D eigenvalue weighted by atomic mass is 19.1. The normalized spacial score (nSPS) is 26.2. The zero-order valence-corrected chi connectivity index (χ0v) is 7.09. The van der Waals surface area contributed by atoms with Crippen molar-refractivity contribution < 1.29 is 9.18 Å². The molecule has 1 heterocycles. The molecule has 68 valence electrons. The molecule has 3 nitrogen and oxygen atoms in total. The maximum atomic E-state index is 12.7. The first-order chi connectivity index (χ1) is 5.61. The first-order valence-corrected chi connectivity index (χ1v) is 3.98. The van der Waals surface area contributed by atoms with Crippen molar-refractivity contribution in [2.45, 2.75) is 18.9 Å². The first-order valence-electron chi connectivity index (χ1n) is 3.98. The van der Waals surface area contributed by atoms with Crippen LogP contribution in [-0.4, -0.2) is 30.4 Å². The summed E-state index contributed by atoms with van der Waals surface area (Å²) in [6.45, 7) is 0.952. The van der Waals surface area contributed by atoms with Gasteiger partial charge in [0.05, 0.1) is 0 Å².